The molecule has 0 saturated carbocycles. The van der Waals surface area contributed by atoms with Crippen LogP contribution < -0.4 is 5.32 Å². The number of nitrogens with one attached hydrogen (secondary N) is 1. The van der Waals surface area contributed by atoms with Crippen LogP contribution in [0, 0.1) is 6.92 Å². The monoisotopic (exact) mass is 282 g/mol. The maximum Gasteiger partial charge on any atom is 0.152 e. The average molecular weight is 282 g/mol. The molecule has 2 aromatic heterocycles. The zero-order valence-electron chi connectivity index (χ0n) is 12.2. The highest BCUT2D eigenvalue weighted by Gasteiger charge is 2.11. The van der Waals surface area contributed by atoms with Crippen molar-refractivity contribution >= 4 is 11.3 Å². The van der Waals surface area contributed by atoms with E-state index in [1.54, 1.807) is 13.3 Å². The van der Waals surface area contributed by atoms with Gasteiger partial charge in [0.1, 0.15) is 5.52 Å². The summed E-state index contributed by atoms with van der Waals surface area (Å²) >= 11 is 0. The van der Waals surface area contributed by atoms with Crippen molar-refractivity contribution in [3.8, 4) is 0 Å². The van der Waals surface area contributed by atoms with Gasteiger partial charge in [-0.2, -0.15) is 5.10 Å². The highest BCUT2D eigenvalue weighted by atomic mass is 16.5. The van der Waals surface area contributed by atoms with Gasteiger partial charge in [-0.15, -0.1) is 0 Å². The smallest absolute Gasteiger partial charge is 0.152 e. The second kappa shape index (κ2) is 5.93. The van der Waals surface area contributed by atoms with Gasteiger partial charge >= 0.3 is 0 Å². The predicted molar refractivity (Wildman–Crippen MR) is 82.4 cm³/mol. The third-order valence-electron chi connectivity index (χ3n) is 3.42. The maximum atomic E-state index is 5.56. The third-order valence-corrected chi connectivity index (χ3v) is 3.42. The number of hydrogen-bond donors (Lipinski definition) is 1. The van der Waals surface area contributed by atoms with Crippen molar-refractivity contribution in [1.29, 1.82) is 0 Å². The second-order valence-corrected chi connectivity index (χ2v) is 4.91. The third kappa shape index (κ3) is 2.87. The Morgan fingerprint density at radius 2 is 2.10 bits per heavy atom. The number of fused-ring (bicyclic) bond motifs is 1. The quantitative estimate of drug-likeness (QED) is 0.782. The van der Waals surface area contributed by atoms with Gasteiger partial charge in [-0.1, -0.05) is 30.3 Å². The lowest BCUT2D eigenvalue weighted by molar-refractivity contribution is 0.114. The van der Waals surface area contributed by atoms with Crippen molar-refractivity contribution in [3.05, 3.63) is 60.0 Å². The zero-order chi connectivity index (χ0) is 14.7. The molecule has 5 nitrogen and oxygen atoms in total. The molecule has 108 valence electrons. The van der Waals surface area contributed by atoms with E-state index in [2.05, 4.69) is 27.5 Å². The minimum atomic E-state index is -0.0164. The fraction of sp³-hybridized carbons (Fsp3) is 0.250. The molecule has 3 rings (SSSR count). The van der Waals surface area contributed by atoms with Crippen LogP contribution in [0.1, 0.15) is 17.4 Å². The number of aromatic nitrogens is 3. The lowest BCUT2D eigenvalue weighted by atomic mass is 10.1. The minimum Gasteiger partial charge on any atom is -0.375 e. The van der Waals surface area contributed by atoms with Crippen molar-refractivity contribution in [2.45, 2.75) is 13.0 Å². The van der Waals surface area contributed by atoms with Gasteiger partial charge in [0.25, 0.3) is 0 Å². The van der Waals surface area contributed by atoms with E-state index in [9.17, 15) is 0 Å². The SMILES string of the molecule is COC(CNc1nccn2nc(C)cc12)c1ccccc1. The molecule has 0 aliphatic carbocycles. The highest BCUT2D eigenvalue weighted by Crippen LogP contribution is 2.19. The van der Waals surface area contributed by atoms with E-state index >= 15 is 0 Å². The van der Waals surface area contributed by atoms with E-state index in [1.807, 2.05) is 41.9 Å². The van der Waals surface area contributed by atoms with Crippen LogP contribution >= 0.6 is 0 Å². The van der Waals surface area contributed by atoms with Crippen molar-refractivity contribution in [1.82, 2.24) is 14.6 Å². The van der Waals surface area contributed by atoms with Gasteiger partial charge in [0.2, 0.25) is 0 Å². The van der Waals surface area contributed by atoms with Gasteiger partial charge in [0.15, 0.2) is 5.82 Å². The fourth-order valence-corrected chi connectivity index (χ4v) is 2.37. The Morgan fingerprint density at radius 3 is 2.86 bits per heavy atom. The van der Waals surface area contributed by atoms with Crippen LogP contribution in [-0.2, 0) is 4.74 Å². The van der Waals surface area contributed by atoms with E-state index in [0.29, 0.717) is 6.54 Å². The zero-order valence-corrected chi connectivity index (χ0v) is 12.2. The van der Waals surface area contributed by atoms with Crippen LogP contribution in [0.5, 0.6) is 0 Å². The molecule has 1 N–H and O–H groups in total. The first-order chi connectivity index (χ1) is 10.3. The van der Waals surface area contributed by atoms with E-state index in [0.717, 1.165) is 22.6 Å². The summed E-state index contributed by atoms with van der Waals surface area (Å²) in [5, 5.41) is 7.74. The summed E-state index contributed by atoms with van der Waals surface area (Å²) in [5.41, 5.74) is 3.08. The van der Waals surface area contributed by atoms with Crippen molar-refractivity contribution in [3.63, 3.8) is 0 Å². The second-order valence-electron chi connectivity index (χ2n) is 4.91. The molecule has 0 aliphatic rings. The van der Waals surface area contributed by atoms with Crippen molar-refractivity contribution in [2.75, 3.05) is 19.0 Å². The normalized spacial score (nSPS) is 12.5. The number of aryl methyl sites for hydroxylation is 1. The van der Waals surface area contributed by atoms with Crippen LogP contribution in [0.4, 0.5) is 5.82 Å². The summed E-state index contributed by atoms with van der Waals surface area (Å²) < 4.78 is 7.39. The van der Waals surface area contributed by atoms with Crippen LogP contribution in [0.15, 0.2) is 48.8 Å². The summed E-state index contributed by atoms with van der Waals surface area (Å²) in [7, 11) is 1.72. The van der Waals surface area contributed by atoms with E-state index in [1.165, 1.54) is 0 Å². The first-order valence-electron chi connectivity index (χ1n) is 6.90. The molecular weight excluding hydrogens is 264 g/mol. The molecule has 3 aromatic rings. The van der Waals surface area contributed by atoms with Crippen LogP contribution in [0.25, 0.3) is 5.52 Å². The number of nitrogens with zero attached hydrogens (tertiary/aromatic N) is 3. The fourth-order valence-electron chi connectivity index (χ4n) is 2.37. The Morgan fingerprint density at radius 1 is 1.29 bits per heavy atom. The summed E-state index contributed by atoms with van der Waals surface area (Å²) in [4.78, 5) is 4.39. The molecule has 0 amide bonds. The van der Waals surface area contributed by atoms with Gasteiger partial charge < -0.3 is 10.1 Å². The Balaban J connectivity index is 1.79. The minimum absolute atomic E-state index is 0.0164. The number of anilines is 1. The molecule has 2 heterocycles. The van der Waals surface area contributed by atoms with Crippen LogP contribution in [0.2, 0.25) is 0 Å². The summed E-state index contributed by atoms with van der Waals surface area (Å²) in [5.74, 6) is 0.816. The lowest BCUT2D eigenvalue weighted by Crippen LogP contribution is -2.15. The number of ether oxygens (including phenoxy) is 1. The number of benzene rings is 1. The number of hydrogen-bond acceptors (Lipinski definition) is 4. The van der Waals surface area contributed by atoms with Crippen molar-refractivity contribution < 1.29 is 4.74 Å². The van der Waals surface area contributed by atoms with Gasteiger partial charge in [-0.25, -0.2) is 9.50 Å². The van der Waals surface area contributed by atoms with Crippen LogP contribution in [0.3, 0.4) is 0 Å². The summed E-state index contributed by atoms with van der Waals surface area (Å²) in [6, 6.07) is 12.2. The van der Waals surface area contributed by atoms with Gasteiger partial charge in [-0.3, -0.25) is 0 Å². The Bertz CT molecular complexity index is 723. The van der Waals surface area contributed by atoms with E-state index in [4.69, 9.17) is 4.74 Å². The van der Waals surface area contributed by atoms with Gasteiger partial charge in [0.05, 0.1) is 11.8 Å². The molecule has 21 heavy (non-hydrogen) atoms. The van der Waals surface area contributed by atoms with Gasteiger partial charge in [-0.05, 0) is 18.6 Å². The summed E-state index contributed by atoms with van der Waals surface area (Å²) in [6.07, 6.45) is 3.57. The maximum absolute atomic E-state index is 5.56. The molecule has 1 atom stereocenters. The molecular formula is C16H18N4O. The van der Waals surface area contributed by atoms with Gasteiger partial charge in [0, 0.05) is 26.0 Å². The van der Waals surface area contributed by atoms with Crippen LogP contribution in [-0.4, -0.2) is 28.3 Å². The first kappa shape index (κ1) is 13.6. The molecule has 5 heteroatoms. The largest absolute Gasteiger partial charge is 0.375 e. The van der Waals surface area contributed by atoms with E-state index < -0.39 is 0 Å². The number of rotatable bonds is 5. The molecule has 0 spiro atoms. The Hall–Kier alpha value is -2.40. The number of methoxy groups -OCH3 is 1. The molecule has 0 fully saturated rings. The first-order valence-corrected chi connectivity index (χ1v) is 6.90. The predicted octanol–water partition coefficient (Wildman–Crippen LogP) is 2.84. The molecule has 1 aromatic carbocycles. The molecule has 0 aliphatic heterocycles. The molecule has 0 radical (unpaired) electrons. The molecule has 0 saturated heterocycles. The topological polar surface area (TPSA) is 51.5 Å². The lowest BCUT2D eigenvalue weighted by Gasteiger charge is -2.17. The Kier molecular flexibility index (Phi) is 3.83. The van der Waals surface area contributed by atoms with Crippen molar-refractivity contribution in [2.24, 2.45) is 0 Å². The summed E-state index contributed by atoms with van der Waals surface area (Å²) in [6.45, 7) is 2.62. The molecule has 0 bridgehead atoms. The Labute approximate surface area is 123 Å². The highest BCUT2D eigenvalue weighted by molar-refractivity contribution is 5.67. The standard InChI is InChI=1S/C16H18N4O/c1-12-10-14-16(17-8-9-20(14)19-12)18-11-15(21-2)13-6-4-3-5-7-13/h3-10,15H,11H2,1-2H3,(H,17,18). The van der Waals surface area contributed by atoms with E-state index in [-0.39, 0.29) is 6.10 Å². The average Bonchev–Trinajstić information content (AvgIpc) is 2.90. The molecule has 1 unspecified atom stereocenters.